The van der Waals surface area contributed by atoms with Crippen LogP contribution in [0.2, 0.25) is 0 Å². The van der Waals surface area contributed by atoms with Crippen molar-refractivity contribution >= 4 is 5.91 Å². The molecule has 4 nitrogen and oxygen atoms in total. The number of rotatable bonds is 1. The highest BCUT2D eigenvalue weighted by molar-refractivity contribution is 5.82. The summed E-state index contributed by atoms with van der Waals surface area (Å²) < 4.78 is 0. The summed E-state index contributed by atoms with van der Waals surface area (Å²) >= 11 is 0. The molecule has 2 fully saturated rings. The number of hydrogen-bond acceptors (Lipinski definition) is 3. The second-order valence-corrected chi connectivity index (χ2v) is 4.20. The highest BCUT2D eigenvalue weighted by Gasteiger charge is 2.43. The highest BCUT2D eigenvalue weighted by Crippen LogP contribution is 2.39. The first-order valence-electron chi connectivity index (χ1n) is 5.15. The number of nitriles is 1. The minimum absolute atomic E-state index is 0.186. The molecule has 0 radical (unpaired) electrons. The van der Waals surface area contributed by atoms with Crippen molar-refractivity contribution in [2.45, 2.75) is 19.4 Å². The van der Waals surface area contributed by atoms with Gasteiger partial charge in [-0.1, -0.05) is 6.92 Å². The molecule has 4 heteroatoms. The molecular weight excluding hydrogens is 178 g/mol. The second kappa shape index (κ2) is 3.58. The van der Waals surface area contributed by atoms with Gasteiger partial charge >= 0.3 is 0 Å². The average Bonchev–Trinajstić information content (AvgIpc) is 2.94. The van der Waals surface area contributed by atoms with E-state index >= 15 is 0 Å². The first-order chi connectivity index (χ1) is 6.74. The summed E-state index contributed by atoms with van der Waals surface area (Å²) in [4.78, 5) is 13.6. The van der Waals surface area contributed by atoms with Crippen molar-refractivity contribution < 1.29 is 4.79 Å². The van der Waals surface area contributed by atoms with Crippen LogP contribution >= 0.6 is 0 Å². The Kier molecular flexibility index (Phi) is 2.42. The fourth-order valence-corrected chi connectivity index (χ4v) is 1.96. The molecule has 0 bridgehead atoms. The molecule has 1 amide bonds. The van der Waals surface area contributed by atoms with Crippen LogP contribution < -0.4 is 5.32 Å². The van der Waals surface area contributed by atoms with E-state index in [1.807, 2.05) is 0 Å². The molecular formula is C10H15N3O. The lowest BCUT2D eigenvalue weighted by Crippen LogP contribution is -2.53. The Balaban J connectivity index is 2.00. The normalized spacial score (nSPS) is 36.3. The zero-order valence-corrected chi connectivity index (χ0v) is 8.36. The van der Waals surface area contributed by atoms with Gasteiger partial charge in [0.2, 0.25) is 5.91 Å². The van der Waals surface area contributed by atoms with E-state index in [-0.39, 0.29) is 17.9 Å². The molecule has 1 aliphatic carbocycles. The first kappa shape index (κ1) is 9.47. The molecule has 76 valence electrons. The number of nitrogens with one attached hydrogen (secondary N) is 1. The number of amides is 1. The Hall–Kier alpha value is -1.08. The van der Waals surface area contributed by atoms with Gasteiger partial charge in [-0.15, -0.1) is 0 Å². The van der Waals surface area contributed by atoms with Crippen LogP contribution in [0.1, 0.15) is 13.3 Å². The summed E-state index contributed by atoms with van der Waals surface area (Å²) in [5, 5.41) is 12.0. The van der Waals surface area contributed by atoms with Crippen LogP contribution in [-0.4, -0.2) is 36.5 Å². The molecule has 3 unspecified atom stereocenters. The van der Waals surface area contributed by atoms with Gasteiger partial charge in [0.05, 0.1) is 6.07 Å². The second-order valence-electron chi connectivity index (χ2n) is 4.20. The summed E-state index contributed by atoms with van der Waals surface area (Å²) in [6.07, 6.45) is 1.00. The average molecular weight is 193 g/mol. The van der Waals surface area contributed by atoms with Gasteiger partial charge in [0, 0.05) is 25.6 Å². The van der Waals surface area contributed by atoms with Gasteiger partial charge in [0.25, 0.3) is 0 Å². The summed E-state index contributed by atoms with van der Waals surface area (Å²) in [6.45, 7) is 4.20. The van der Waals surface area contributed by atoms with Crippen molar-refractivity contribution in [3.63, 3.8) is 0 Å². The monoisotopic (exact) mass is 193 g/mol. The molecule has 1 aliphatic heterocycles. The standard InChI is InChI=1S/C10H15N3O/c1-7-4-9(7)10(14)13-3-2-12-6-8(13)5-11/h7-9,12H,2-4,6H2,1H3. The van der Waals surface area contributed by atoms with Gasteiger partial charge in [0.15, 0.2) is 0 Å². The molecule has 0 aromatic rings. The van der Waals surface area contributed by atoms with Crippen LogP contribution in [-0.2, 0) is 4.79 Å². The maximum Gasteiger partial charge on any atom is 0.227 e. The Labute approximate surface area is 83.9 Å². The molecule has 14 heavy (non-hydrogen) atoms. The largest absolute Gasteiger partial charge is 0.324 e. The third-order valence-corrected chi connectivity index (χ3v) is 3.10. The highest BCUT2D eigenvalue weighted by atomic mass is 16.2. The quantitative estimate of drug-likeness (QED) is 0.636. The summed E-state index contributed by atoms with van der Waals surface area (Å²) in [5.74, 6) is 0.909. The molecule has 1 heterocycles. The van der Waals surface area contributed by atoms with Crippen molar-refractivity contribution in [2.24, 2.45) is 11.8 Å². The van der Waals surface area contributed by atoms with Gasteiger partial charge in [-0.2, -0.15) is 5.26 Å². The molecule has 0 spiro atoms. The van der Waals surface area contributed by atoms with E-state index in [4.69, 9.17) is 5.26 Å². The SMILES string of the molecule is CC1CC1C(=O)N1CCNCC1C#N. The first-order valence-corrected chi connectivity index (χ1v) is 5.15. The fraction of sp³-hybridized carbons (Fsp3) is 0.800. The van der Waals surface area contributed by atoms with Crippen LogP contribution in [0, 0.1) is 23.2 Å². The summed E-state index contributed by atoms with van der Waals surface area (Å²) in [5.41, 5.74) is 0. The van der Waals surface area contributed by atoms with Gasteiger partial charge in [-0.25, -0.2) is 0 Å². The Morgan fingerprint density at radius 1 is 1.64 bits per heavy atom. The lowest BCUT2D eigenvalue weighted by molar-refractivity contribution is -0.134. The lowest BCUT2D eigenvalue weighted by Gasteiger charge is -2.32. The van der Waals surface area contributed by atoms with Crippen molar-refractivity contribution in [3.8, 4) is 6.07 Å². The van der Waals surface area contributed by atoms with Crippen molar-refractivity contribution in [3.05, 3.63) is 0 Å². The third kappa shape index (κ3) is 1.60. The van der Waals surface area contributed by atoms with Crippen LogP contribution in [0.4, 0.5) is 0 Å². The van der Waals surface area contributed by atoms with Gasteiger partial charge < -0.3 is 10.2 Å². The van der Waals surface area contributed by atoms with E-state index in [2.05, 4.69) is 18.3 Å². The smallest absolute Gasteiger partial charge is 0.227 e. The van der Waals surface area contributed by atoms with Gasteiger partial charge in [0.1, 0.15) is 6.04 Å². The number of carbonyl (C=O) groups is 1. The van der Waals surface area contributed by atoms with E-state index in [1.54, 1.807) is 4.90 Å². The molecule has 1 N–H and O–H groups in total. The Morgan fingerprint density at radius 3 is 2.93 bits per heavy atom. The molecule has 2 aliphatic rings. The number of carbonyl (C=O) groups excluding carboxylic acids is 1. The minimum Gasteiger partial charge on any atom is -0.324 e. The number of hydrogen-bond donors (Lipinski definition) is 1. The zero-order chi connectivity index (χ0) is 10.1. The molecule has 1 saturated carbocycles. The predicted octanol–water partition coefficient (Wildman–Crippen LogP) is -0.0336. The van der Waals surface area contributed by atoms with Crippen molar-refractivity contribution in [2.75, 3.05) is 19.6 Å². The van der Waals surface area contributed by atoms with E-state index in [9.17, 15) is 4.79 Å². The maximum absolute atomic E-state index is 11.9. The van der Waals surface area contributed by atoms with Crippen LogP contribution in [0.25, 0.3) is 0 Å². The summed E-state index contributed by atoms with van der Waals surface area (Å²) in [6, 6.07) is 1.91. The molecule has 0 aromatic heterocycles. The summed E-state index contributed by atoms with van der Waals surface area (Å²) in [7, 11) is 0. The van der Waals surface area contributed by atoms with Gasteiger partial charge in [-0.05, 0) is 12.3 Å². The van der Waals surface area contributed by atoms with E-state index < -0.39 is 0 Å². The van der Waals surface area contributed by atoms with E-state index in [0.717, 1.165) is 13.0 Å². The number of piperazine rings is 1. The minimum atomic E-state index is -0.260. The Morgan fingerprint density at radius 2 is 2.36 bits per heavy atom. The fourth-order valence-electron chi connectivity index (χ4n) is 1.96. The molecule has 3 atom stereocenters. The van der Waals surface area contributed by atoms with E-state index in [1.165, 1.54) is 0 Å². The van der Waals surface area contributed by atoms with Gasteiger partial charge in [-0.3, -0.25) is 4.79 Å². The predicted molar refractivity (Wildman–Crippen MR) is 51.3 cm³/mol. The van der Waals surface area contributed by atoms with E-state index in [0.29, 0.717) is 19.0 Å². The zero-order valence-electron chi connectivity index (χ0n) is 8.36. The molecule has 2 rings (SSSR count). The van der Waals surface area contributed by atoms with Crippen molar-refractivity contribution in [1.29, 1.82) is 5.26 Å². The van der Waals surface area contributed by atoms with Crippen LogP contribution in [0.5, 0.6) is 0 Å². The number of nitrogens with zero attached hydrogens (tertiary/aromatic N) is 2. The topological polar surface area (TPSA) is 56.1 Å². The molecule has 1 saturated heterocycles. The third-order valence-electron chi connectivity index (χ3n) is 3.10. The lowest BCUT2D eigenvalue weighted by atomic mass is 10.2. The Bertz CT molecular complexity index is 284. The maximum atomic E-state index is 11.9. The molecule has 0 aromatic carbocycles. The van der Waals surface area contributed by atoms with Crippen LogP contribution in [0.3, 0.4) is 0 Å². The van der Waals surface area contributed by atoms with Crippen molar-refractivity contribution in [1.82, 2.24) is 10.2 Å². The van der Waals surface area contributed by atoms with Crippen LogP contribution in [0.15, 0.2) is 0 Å².